The van der Waals surface area contributed by atoms with E-state index in [-0.39, 0.29) is 16.9 Å². The Balaban J connectivity index is 2.21. The molecule has 0 radical (unpaired) electrons. The van der Waals surface area contributed by atoms with E-state index in [0.717, 1.165) is 4.90 Å². The summed E-state index contributed by atoms with van der Waals surface area (Å²) in [5.74, 6) is -2.07. The quantitative estimate of drug-likeness (QED) is 0.575. The first-order valence-electron chi connectivity index (χ1n) is 7.86. The molecule has 0 bridgehead atoms. The lowest BCUT2D eigenvalue weighted by molar-refractivity contribution is -0.157. The Bertz CT molecular complexity index is 671. The number of nitrogens with one attached hydrogen (secondary N) is 1. The maximum Gasteiger partial charge on any atom is 0.331 e. The van der Waals surface area contributed by atoms with Crippen LogP contribution in [-0.4, -0.2) is 59.3 Å². The zero-order valence-corrected chi connectivity index (χ0v) is 15.1. The summed E-state index contributed by atoms with van der Waals surface area (Å²) in [5, 5.41) is 2.55. The molecule has 25 heavy (non-hydrogen) atoms. The second-order valence-electron chi connectivity index (χ2n) is 5.47. The first kappa shape index (κ1) is 19.0. The number of likely N-dealkylation sites (N-methyl/N-ethyl adjacent to an activating group) is 1. The van der Waals surface area contributed by atoms with Crippen molar-refractivity contribution in [3.8, 4) is 0 Å². The monoisotopic (exact) mass is 364 g/mol. The summed E-state index contributed by atoms with van der Waals surface area (Å²) in [6.45, 7) is 3.61. The van der Waals surface area contributed by atoms with Gasteiger partial charge in [-0.2, -0.15) is 11.8 Å². The third-order valence-electron chi connectivity index (χ3n) is 3.75. The number of amides is 3. The Morgan fingerprint density at radius 3 is 2.24 bits per heavy atom. The zero-order chi connectivity index (χ0) is 18.6. The summed E-state index contributed by atoms with van der Waals surface area (Å²) in [6, 6.07) is 5.33. The van der Waals surface area contributed by atoms with Gasteiger partial charge in [-0.25, -0.2) is 4.79 Å². The number of ether oxygens (including phenoxy) is 1. The van der Waals surface area contributed by atoms with E-state index in [4.69, 9.17) is 4.74 Å². The number of esters is 1. The van der Waals surface area contributed by atoms with Gasteiger partial charge in [0.25, 0.3) is 17.7 Å². The molecule has 0 saturated heterocycles. The van der Waals surface area contributed by atoms with Gasteiger partial charge < -0.3 is 10.1 Å². The normalized spacial score (nSPS) is 15.6. The average Bonchev–Trinajstić information content (AvgIpc) is 2.84. The van der Waals surface area contributed by atoms with Crippen LogP contribution < -0.4 is 5.32 Å². The van der Waals surface area contributed by atoms with E-state index in [1.165, 1.54) is 18.7 Å². The van der Waals surface area contributed by atoms with Gasteiger partial charge in [-0.05, 0) is 32.2 Å². The lowest BCUT2D eigenvalue weighted by Gasteiger charge is -2.25. The van der Waals surface area contributed by atoms with Crippen LogP contribution in [0.4, 0.5) is 0 Å². The van der Waals surface area contributed by atoms with Crippen LogP contribution >= 0.6 is 11.8 Å². The van der Waals surface area contributed by atoms with Crippen LogP contribution in [0.2, 0.25) is 0 Å². The summed E-state index contributed by atoms with van der Waals surface area (Å²) in [7, 11) is 0. The number of carbonyl (C=O) groups is 4. The van der Waals surface area contributed by atoms with Gasteiger partial charge in [0.2, 0.25) is 0 Å². The van der Waals surface area contributed by atoms with Gasteiger partial charge >= 0.3 is 5.97 Å². The Kier molecular flexibility index (Phi) is 6.19. The van der Waals surface area contributed by atoms with E-state index in [0.29, 0.717) is 6.54 Å². The van der Waals surface area contributed by atoms with E-state index in [1.54, 1.807) is 37.4 Å². The number of carbonyl (C=O) groups excluding carboxylic acids is 4. The number of hydrogen-bond donors (Lipinski definition) is 1. The van der Waals surface area contributed by atoms with Crippen LogP contribution in [0, 0.1) is 0 Å². The maximum atomic E-state index is 12.6. The molecule has 1 aromatic carbocycles. The van der Waals surface area contributed by atoms with Crippen molar-refractivity contribution in [3.05, 3.63) is 35.4 Å². The number of hydrogen-bond acceptors (Lipinski definition) is 6. The van der Waals surface area contributed by atoms with E-state index in [2.05, 4.69) is 5.32 Å². The van der Waals surface area contributed by atoms with Gasteiger partial charge in [-0.3, -0.25) is 19.3 Å². The Labute approximate surface area is 150 Å². The van der Waals surface area contributed by atoms with Crippen molar-refractivity contribution >= 4 is 35.5 Å². The molecule has 1 N–H and O–H groups in total. The van der Waals surface area contributed by atoms with Crippen LogP contribution in [0.1, 0.15) is 34.6 Å². The SMILES string of the molecule is CCNC(=O)[C@H](C)OC(=O)[C@H](CSC)N1C(=O)c2ccccc2C1=O. The van der Waals surface area contributed by atoms with Gasteiger partial charge in [0.1, 0.15) is 6.04 Å². The molecule has 0 aliphatic carbocycles. The molecule has 0 saturated carbocycles. The molecule has 1 aliphatic rings. The molecule has 1 heterocycles. The highest BCUT2D eigenvalue weighted by Gasteiger charge is 2.43. The topological polar surface area (TPSA) is 92.8 Å². The molecule has 2 atom stereocenters. The van der Waals surface area contributed by atoms with Crippen LogP contribution in [0.15, 0.2) is 24.3 Å². The lowest BCUT2D eigenvalue weighted by Crippen LogP contribution is -2.49. The van der Waals surface area contributed by atoms with Crippen molar-refractivity contribution in [1.82, 2.24) is 10.2 Å². The van der Waals surface area contributed by atoms with Crippen molar-refractivity contribution in [2.24, 2.45) is 0 Å². The van der Waals surface area contributed by atoms with Crippen LogP contribution in [0.5, 0.6) is 0 Å². The van der Waals surface area contributed by atoms with E-state index in [1.807, 2.05) is 0 Å². The molecule has 1 aromatic rings. The molecule has 2 rings (SSSR count). The molecule has 3 amide bonds. The summed E-state index contributed by atoms with van der Waals surface area (Å²) in [6.07, 6.45) is 0.748. The number of thioether (sulfide) groups is 1. The van der Waals surface area contributed by atoms with E-state index >= 15 is 0 Å². The van der Waals surface area contributed by atoms with Crippen molar-refractivity contribution in [2.75, 3.05) is 18.6 Å². The number of rotatable bonds is 7. The summed E-state index contributed by atoms with van der Waals surface area (Å²) in [4.78, 5) is 50.3. The largest absolute Gasteiger partial charge is 0.451 e. The van der Waals surface area contributed by atoms with Gasteiger partial charge in [-0.15, -0.1) is 0 Å². The predicted octanol–water partition coefficient (Wildman–Crippen LogP) is 1.08. The van der Waals surface area contributed by atoms with Crippen molar-refractivity contribution in [1.29, 1.82) is 0 Å². The van der Waals surface area contributed by atoms with Crippen LogP contribution in [0.3, 0.4) is 0 Å². The second kappa shape index (κ2) is 8.15. The van der Waals surface area contributed by atoms with Crippen molar-refractivity contribution < 1.29 is 23.9 Å². The molecule has 0 unspecified atom stereocenters. The first-order valence-corrected chi connectivity index (χ1v) is 9.25. The number of nitrogens with zero attached hydrogens (tertiary/aromatic N) is 1. The third kappa shape index (κ3) is 3.84. The minimum Gasteiger partial charge on any atom is -0.451 e. The standard InChI is InChI=1S/C17H20N2O5S/c1-4-18-14(20)10(2)24-17(23)13(9-25-3)19-15(21)11-7-5-6-8-12(11)16(19)22/h5-8,10,13H,4,9H2,1-3H3,(H,18,20)/t10-,13-/m0/s1. The lowest BCUT2D eigenvalue weighted by atomic mass is 10.1. The highest BCUT2D eigenvalue weighted by atomic mass is 32.2. The number of imide groups is 1. The third-order valence-corrected chi connectivity index (χ3v) is 4.40. The molecule has 1 aliphatic heterocycles. The van der Waals surface area contributed by atoms with E-state index in [9.17, 15) is 19.2 Å². The highest BCUT2D eigenvalue weighted by Crippen LogP contribution is 2.26. The van der Waals surface area contributed by atoms with Gasteiger partial charge in [0, 0.05) is 12.3 Å². The maximum absolute atomic E-state index is 12.6. The van der Waals surface area contributed by atoms with Gasteiger partial charge in [-0.1, -0.05) is 12.1 Å². The first-order chi connectivity index (χ1) is 11.9. The number of benzene rings is 1. The molecular weight excluding hydrogens is 344 g/mol. The number of fused-ring (bicyclic) bond motifs is 1. The zero-order valence-electron chi connectivity index (χ0n) is 14.3. The smallest absolute Gasteiger partial charge is 0.331 e. The van der Waals surface area contributed by atoms with E-state index < -0.39 is 35.8 Å². The minimum absolute atomic E-state index is 0.187. The fourth-order valence-electron chi connectivity index (χ4n) is 2.52. The van der Waals surface area contributed by atoms with Crippen LogP contribution in [-0.2, 0) is 14.3 Å². The molecule has 8 heteroatoms. The Morgan fingerprint density at radius 1 is 1.20 bits per heavy atom. The van der Waals surface area contributed by atoms with Crippen molar-refractivity contribution in [2.45, 2.75) is 26.0 Å². The molecule has 134 valence electrons. The summed E-state index contributed by atoms with van der Waals surface area (Å²) >= 11 is 1.31. The fraction of sp³-hybridized carbons (Fsp3) is 0.412. The molecule has 0 aromatic heterocycles. The fourth-order valence-corrected chi connectivity index (χ4v) is 3.12. The van der Waals surface area contributed by atoms with Gasteiger partial charge in [0.05, 0.1) is 11.1 Å². The molecular formula is C17H20N2O5S. The Morgan fingerprint density at radius 2 is 1.76 bits per heavy atom. The predicted molar refractivity (Wildman–Crippen MR) is 93.3 cm³/mol. The molecule has 0 spiro atoms. The second-order valence-corrected chi connectivity index (χ2v) is 6.38. The molecule has 0 fully saturated rings. The summed E-state index contributed by atoms with van der Waals surface area (Å²) in [5.41, 5.74) is 0.534. The Hall–Kier alpha value is -2.35. The molecule has 7 nitrogen and oxygen atoms in total. The highest BCUT2D eigenvalue weighted by molar-refractivity contribution is 7.98. The van der Waals surface area contributed by atoms with Gasteiger partial charge in [0.15, 0.2) is 6.10 Å². The van der Waals surface area contributed by atoms with Crippen molar-refractivity contribution in [3.63, 3.8) is 0 Å². The average molecular weight is 364 g/mol. The minimum atomic E-state index is -1.08. The summed E-state index contributed by atoms with van der Waals surface area (Å²) < 4.78 is 5.18. The van der Waals surface area contributed by atoms with Crippen LogP contribution in [0.25, 0.3) is 0 Å².